The van der Waals surface area contributed by atoms with Crippen molar-refractivity contribution in [2.75, 3.05) is 0 Å². The van der Waals surface area contributed by atoms with Crippen LogP contribution in [0.2, 0.25) is 0 Å². The summed E-state index contributed by atoms with van der Waals surface area (Å²) in [5.74, 6) is -2.39. The van der Waals surface area contributed by atoms with Crippen LogP contribution < -0.4 is 0 Å². The highest BCUT2D eigenvalue weighted by Gasteiger charge is 2.07. The molecule has 0 spiro atoms. The predicted octanol–water partition coefficient (Wildman–Crippen LogP) is 7.01. The Balaban J connectivity index is 1.85. The summed E-state index contributed by atoms with van der Waals surface area (Å²) in [5, 5.41) is 8.56. The summed E-state index contributed by atoms with van der Waals surface area (Å²) in [6, 6.07) is 3.64. The summed E-state index contributed by atoms with van der Waals surface area (Å²) in [4.78, 5) is 22.3. The Morgan fingerprint density at radius 3 is 1.55 bits per heavy atom. The van der Waals surface area contributed by atoms with Crippen LogP contribution in [-0.4, -0.2) is 16.9 Å². The van der Waals surface area contributed by atoms with Gasteiger partial charge in [0.05, 0.1) is 0 Å². The maximum atomic E-state index is 13.1. The van der Waals surface area contributed by atoms with Crippen LogP contribution >= 0.6 is 0 Å². The van der Waals surface area contributed by atoms with Crippen LogP contribution in [0.4, 0.5) is 8.78 Å². The third-order valence-corrected chi connectivity index (χ3v) is 5.23. The van der Waals surface area contributed by atoms with Gasteiger partial charge >= 0.3 is 5.97 Å². The van der Waals surface area contributed by atoms with Crippen molar-refractivity contribution in [2.24, 2.45) is 0 Å². The van der Waals surface area contributed by atoms with Crippen molar-refractivity contribution in [3.8, 4) is 0 Å². The first-order valence-electron chi connectivity index (χ1n) is 11.2. The fourth-order valence-electron chi connectivity index (χ4n) is 3.51. The fourth-order valence-corrected chi connectivity index (χ4v) is 3.51. The van der Waals surface area contributed by atoms with Crippen molar-refractivity contribution in [3.63, 3.8) is 0 Å². The van der Waals surface area contributed by atoms with Gasteiger partial charge in [-0.2, -0.15) is 0 Å². The van der Waals surface area contributed by atoms with E-state index in [1.165, 1.54) is 51.0 Å². The highest BCUT2D eigenvalue weighted by atomic mass is 19.2. The zero-order valence-electron chi connectivity index (χ0n) is 17.6. The molecule has 0 aliphatic heterocycles. The quantitative estimate of drug-likeness (QED) is 0.265. The summed E-state index contributed by atoms with van der Waals surface area (Å²) >= 11 is 0. The normalized spacial score (nSPS) is 11.0. The van der Waals surface area contributed by atoms with Crippen molar-refractivity contribution in [1.82, 2.24) is 0 Å². The van der Waals surface area contributed by atoms with E-state index in [2.05, 4.69) is 0 Å². The largest absolute Gasteiger partial charge is 0.481 e. The molecule has 0 aliphatic carbocycles. The number of rotatable bonds is 18. The van der Waals surface area contributed by atoms with Gasteiger partial charge in [0.1, 0.15) is 5.78 Å². The Hall–Kier alpha value is -1.78. The van der Waals surface area contributed by atoms with E-state index in [0.717, 1.165) is 50.7 Å². The Morgan fingerprint density at radius 1 is 0.655 bits per heavy atom. The third-order valence-electron chi connectivity index (χ3n) is 5.23. The molecule has 1 aromatic carbocycles. The van der Waals surface area contributed by atoms with Crippen molar-refractivity contribution < 1.29 is 23.5 Å². The SMILES string of the molecule is O=C(O)CCCCCCCCCCCCCCCC(=O)Cc1ccc(F)c(F)c1. The number of Topliss-reactive ketones (excluding diaryl/α,β-unsaturated/α-hetero) is 1. The Bertz CT molecular complexity index is 602. The Morgan fingerprint density at radius 2 is 1.10 bits per heavy atom. The third kappa shape index (κ3) is 13.9. The van der Waals surface area contributed by atoms with Gasteiger partial charge in [0.25, 0.3) is 0 Å². The second-order valence-electron chi connectivity index (χ2n) is 7.95. The molecule has 29 heavy (non-hydrogen) atoms. The number of benzene rings is 1. The second-order valence-corrected chi connectivity index (χ2v) is 7.95. The molecule has 0 unspecified atom stereocenters. The lowest BCUT2D eigenvalue weighted by Gasteiger charge is -2.04. The van der Waals surface area contributed by atoms with Crippen LogP contribution in [0, 0.1) is 11.6 Å². The Kier molecular flexibility index (Phi) is 14.0. The monoisotopic (exact) mass is 410 g/mol. The number of hydrogen-bond donors (Lipinski definition) is 1. The second kappa shape index (κ2) is 16.1. The lowest BCUT2D eigenvalue weighted by molar-refractivity contribution is -0.137. The average Bonchev–Trinajstić information content (AvgIpc) is 2.67. The molecule has 0 atom stereocenters. The van der Waals surface area contributed by atoms with E-state index >= 15 is 0 Å². The lowest BCUT2D eigenvalue weighted by atomic mass is 10.0. The number of carbonyl (C=O) groups excluding carboxylic acids is 1. The highest BCUT2D eigenvalue weighted by molar-refractivity contribution is 5.80. The molecule has 1 rings (SSSR count). The van der Waals surface area contributed by atoms with Crippen molar-refractivity contribution >= 4 is 11.8 Å². The number of carboxylic acids is 1. The van der Waals surface area contributed by atoms with E-state index in [1.54, 1.807) is 0 Å². The molecule has 0 aromatic heterocycles. The maximum Gasteiger partial charge on any atom is 0.303 e. The summed E-state index contributed by atoms with van der Waals surface area (Å²) in [6.45, 7) is 0. The minimum atomic E-state index is -0.897. The molecule has 5 heteroatoms. The number of carbonyl (C=O) groups is 2. The van der Waals surface area contributed by atoms with E-state index in [0.29, 0.717) is 18.4 Å². The average molecular weight is 411 g/mol. The Labute approximate surface area is 173 Å². The number of carboxylic acid groups (broad SMARTS) is 1. The van der Waals surface area contributed by atoms with Crippen LogP contribution in [-0.2, 0) is 16.0 Å². The molecule has 1 N–H and O–H groups in total. The summed E-state index contributed by atoms with van der Waals surface area (Å²) in [7, 11) is 0. The van der Waals surface area contributed by atoms with Gasteiger partial charge in [0.2, 0.25) is 0 Å². The van der Waals surface area contributed by atoms with Crippen LogP contribution in [0.3, 0.4) is 0 Å². The molecular formula is C24H36F2O3. The van der Waals surface area contributed by atoms with Crippen molar-refractivity contribution in [1.29, 1.82) is 0 Å². The van der Waals surface area contributed by atoms with Crippen LogP contribution in [0.15, 0.2) is 18.2 Å². The lowest BCUT2D eigenvalue weighted by Crippen LogP contribution is -2.03. The molecule has 0 saturated carbocycles. The first-order valence-corrected chi connectivity index (χ1v) is 11.2. The number of aliphatic carboxylic acids is 1. The van der Waals surface area contributed by atoms with E-state index in [9.17, 15) is 18.4 Å². The van der Waals surface area contributed by atoms with Crippen LogP contribution in [0.1, 0.15) is 102 Å². The number of ketones is 1. The molecule has 0 heterocycles. The van der Waals surface area contributed by atoms with Crippen molar-refractivity contribution in [3.05, 3.63) is 35.4 Å². The van der Waals surface area contributed by atoms with Gasteiger partial charge in [0, 0.05) is 19.3 Å². The van der Waals surface area contributed by atoms with Gasteiger partial charge in [-0.1, -0.05) is 76.7 Å². The fraction of sp³-hybridized carbons (Fsp3) is 0.667. The molecule has 164 valence electrons. The summed E-state index contributed by atoms with van der Waals surface area (Å²) in [6.07, 6.45) is 15.7. The molecule has 0 saturated heterocycles. The summed E-state index contributed by atoms with van der Waals surface area (Å²) < 4.78 is 26.0. The van der Waals surface area contributed by atoms with Gasteiger partial charge in [0.15, 0.2) is 11.6 Å². The summed E-state index contributed by atoms with van der Waals surface area (Å²) in [5.41, 5.74) is 0.536. The van der Waals surface area contributed by atoms with Gasteiger partial charge in [-0.05, 0) is 30.5 Å². The van der Waals surface area contributed by atoms with Gasteiger partial charge < -0.3 is 5.11 Å². The topological polar surface area (TPSA) is 54.4 Å². The van der Waals surface area contributed by atoms with Gasteiger partial charge in [-0.25, -0.2) is 8.78 Å². The van der Waals surface area contributed by atoms with Crippen LogP contribution in [0.25, 0.3) is 0 Å². The smallest absolute Gasteiger partial charge is 0.303 e. The number of unbranched alkanes of at least 4 members (excludes halogenated alkanes) is 12. The molecule has 0 fully saturated rings. The van der Waals surface area contributed by atoms with E-state index < -0.39 is 17.6 Å². The van der Waals surface area contributed by atoms with Crippen LogP contribution in [0.5, 0.6) is 0 Å². The molecule has 0 amide bonds. The number of hydrogen-bond acceptors (Lipinski definition) is 2. The molecular weight excluding hydrogens is 374 g/mol. The minimum Gasteiger partial charge on any atom is -0.481 e. The maximum absolute atomic E-state index is 13.1. The van der Waals surface area contributed by atoms with E-state index in [-0.39, 0.29) is 12.2 Å². The number of halogens is 2. The van der Waals surface area contributed by atoms with Gasteiger partial charge in [-0.3, -0.25) is 9.59 Å². The predicted molar refractivity (Wildman–Crippen MR) is 112 cm³/mol. The molecule has 1 aromatic rings. The molecule has 0 radical (unpaired) electrons. The van der Waals surface area contributed by atoms with Crippen molar-refractivity contribution in [2.45, 2.75) is 103 Å². The van der Waals surface area contributed by atoms with E-state index in [1.807, 2.05) is 0 Å². The standard InChI is InChI=1S/C24H36F2O3/c25-22-17-16-20(19-23(22)26)18-21(27)14-12-10-8-6-4-2-1-3-5-7-9-11-13-15-24(28)29/h16-17,19H,1-15,18H2,(H,28,29). The first-order chi connectivity index (χ1) is 14.0. The zero-order valence-corrected chi connectivity index (χ0v) is 17.6. The highest BCUT2D eigenvalue weighted by Crippen LogP contribution is 2.14. The minimum absolute atomic E-state index is 0.0824. The van der Waals surface area contributed by atoms with E-state index in [4.69, 9.17) is 5.11 Å². The molecule has 0 aliphatic rings. The zero-order chi connectivity index (χ0) is 21.3. The molecule has 0 bridgehead atoms. The first kappa shape index (κ1) is 25.3. The van der Waals surface area contributed by atoms with Gasteiger partial charge in [-0.15, -0.1) is 0 Å². The molecule has 3 nitrogen and oxygen atoms in total.